The third-order valence-electron chi connectivity index (χ3n) is 3.07. The zero-order chi connectivity index (χ0) is 16.8. The maximum absolute atomic E-state index is 12.0. The first-order chi connectivity index (χ1) is 11.0. The molecule has 2 aromatic rings. The van der Waals surface area contributed by atoms with Crippen molar-refractivity contribution in [2.75, 3.05) is 17.2 Å². The molecule has 23 heavy (non-hydrogen) atoms. The van der Waals surface area contributed by atoms with E-state index in [1.165, 1.54) is 6.20 Å². The van der Waals surface area contributed by atoms with Crippen LogP contribution in [0.2, 0.25) is 0 Å². The maximum Gasteiger partial charge on any atom is 0.340 e. The van der Waals surface area contributed by atoms with Crippen molar-refractivity contribution in [3.8, 4) is 0 Å². The molecule has 0 unspecified atom stereocenters. The summed E-state index contributed by atoms with van der Waals surface area (Å²) in [6, 6.07) is 4.56. The highest BCUT2D eigenvalue weighted by Crippen LogP contribution is 2.19. The molecule has 2 rings (SSSR count). The second-order valence-electron chi connectivity index (χ2n) is 4.80. The van der Waals surface area contributed by atoms with Crippen molar-refractivity contribution in [1.29, 1.82) is 0 Å². The number of nitrogens with zero attached hydrogens (tertiary/aromatic N) is 2. The van der Waals surface area contributed by atoms with Crippen LogP contribution in [-0.4, -0.2) is 28.6 Å². The zero-order valence-electron chi connectivity index (χ0n) is 13.2. The Bertz CT molecular complexity index is 717. The highest BCUT2D eigenvalue weighted by Gasteiger charge is 2.15. The van der Waals surface area contributed by atoms with Crippen LogP contribution in [-0.2, 0) is 4.74 Å². The first kappa shape index (κ1) is 16.4. The molecule has 0 spiro atoms. The summed E-state index contributed by atoms with van der Waals surface area (Å²) >= 11 is 0. The molecular weight excluding hydrogens is 296 g/mol. The van der Waals surface area contributed by atoms with E-state index in [0.29, 0.717) is 28.3 Å². The summed E-state index contributed by atoms with van der Waals surface area (Å²) in [5.41, 5.74) is 2.50. The quantitative estimate of drug-likeness (QED) is 0.846. The molecule has 120 valence electrons. The Balaban J connectivity index is 2.17. The van der Waals surface area contributed by atoms with E-state index in [4.69, 9.17) is 4.74 Å². The number of aromatic nitrogens is 2. The highest BCUT2D eigenvalue weighted by atomic mass is 16.5. The lowest BCUT2D eigenvalue weighted by Gasteiger charge is -2.12. The predicted octanol–water partition coefficient (Wildman–Crippen LogP) is 2.91. The lowest BCUT2D eigenvalue weighted by atomic mass is 10.1. The number of amides is 2. The number of pyridine rings is 2. The lowest BCUT2D eigenvalue weighted by Crippen LogP contribution is -2.21. The van der Waals surface area contributed by atoms with Crippen LogP contribution in [0.25, 0.3) is 0 Å². The van der Waals surface area contributed by atoms with Gasteiger partial charge in [-0.15, -0.1) is 0 Å². The number of urea groups is 1. The fraction of sp³-hybridized carbons (Fsp3) is 0.250. The van der Waals surface area contributed by atoms with Crippen molar-refractivity contribution in [2.24, 2.45) is 0 Å². The van der Waals surface area contributed by atoms with E-state index in [-0.39, 0.29) is 6.61 Å². The van der Waals surface area contributed by atoms with Crippen molar-refractivity contribution in [3.05, 3.63) is 47.5 Å². The smallest absolute Gasteiger partial charge is 0.340 e. The van der Waals surface area contributed by atoms with Crippen molar-refractivity contribution in [1.82, 2.24) is 9.97 Å². The summed E-state index contributed by atoms with van der Waals surface area (Å²) in [6.45, 7) is 5.48. The van der Waals surface area contributed by atoms with E-state index in [1.54, 1.807) is 45.2 Å². The molecule has 7 heteroatoms. The molecule has 2 N–H and O–H groups in total. The third kappa shape index (κ3) is 4.26. The third-order valence-corrected chi connectivity index (χ3v) is 3.07. The first-order valence-corrected chi connectivity index (χ1v) is 7.14. The van der Waals surface area contributed by atoms with Crippen LogP contribution in [0.3, 0.4) is 0 Å². The zero-order valence-corrected chi connectivity index (χ0v) is 13.2. The van der Waals surface area contributed by atoms with E-state index in [9.17, 15) is 9.59 Å². The van der Waals surface area contributed by atoms with Crippen LogP contribution in [0.5, 0.6) is 0 Å². The molecule has 2 heterocycles. The summed E-state index contributed by atoms with van der Waals surface area (Å²) in [5.74, 6) is -0.465. The van der Waals surface area contributed by atoms with Crippen LogP contribution in [0, 0.1) is 13.8 Å². The van der Waals surface area contributed by atoms with Crippen molar-refractivity contribution < 1.29 is 14.3 Å². The molecule has 2 amide bonds. The van der Waals surface area contributed by atoms with Crippen molar-refractivity contribution >= 4 is 23.4 Å². The molecule has 7 nitrogen and oxygen atoms in total. The summed E-state index contributed by atoms with van der Waals surface area (Å²) in [5, 5.41) is 5.32. The lowest BCUT2D eigenvalue weighted by molar-refractivity contribution is 0.0525. The van der Waals surface area contributed by atoms with Gasteiger partial charge in [0, 0.05) is 6.20 Å². The number of carbonyl (C=O) groups excluding carboxylic acids is 2. The molecule has 0 bridgehead atoms. The van der Waals surface area contributed by atoms with Crippen LogP contribution < -0.4 is 10.6 Å². The summed E-state index contributed by atoms with van der Waals surface area (Å²) < 4.78 is 4.99. The van der Waals surface area contributed by atoms with E-state index >= 15 is 0 Å². The normalized spacial score (nSPS) is 10.0. The molecule has 0 saturated carbocycles. The average molecular weight is 314 g/mol. The topological polar surface area (TPSA) is 93.2 Å². The fourth-order valence-electron chi connectivity index (χ4n) is 1.99. The number of aryl methyl sites for hydroxylation is 2. The summed E-state index contributed by atoms with van der Waals surface area (Å²) in [7, 11) is 0. The second kappa shape index (κ2) is 7.35. The van der Waals surface area contributed by atoms with Crippen LogP contribution in [0.4, 0.5) is 16.2 Å². The summed E-state index contributed by atoms with van der Waals surface area (Å²) in [6.07, 6.45) is 3.15. The molecule has 0 saturated heterocycles. The standard InChI is InChI=1S/C16H18N4O3/c1-4-23-15(21)13-8-14(11(3)18-10(13)2)20-16(22)19-12-6-5-7-17-9-12/h5-9H,4H2,1-3H3,(H2,19,20,22). The van der Waals surface area contributed by atoms with E-state index in [1.807, 2.05) is 0 Å². The average Bonchev–Trinajstić information content (AvgIpc) is 2.51. The van der Waals surface area contributed by atoms with Gasteiger partial charge >= 0.3 is 12.0 Å². The molecule has 0 aromatic carbocycles. The largest absolute Gasteiger partial charge is 0.462 e. The van der Waals surface area contributed by atoms with Gasteiger partial charge in [0.25, 0.3) is 0 Å². The van der Waals surface area contributed by atoms with Crippen molar-refractivity contribution in [2.45, 2.75) is 20.8 Å². The molecule has 2 aromatic heterocycles. The predicted molar refractivity (Wildman–Crippen MR) is 86.5 cm³/mol. The van der Waals surface area contributed by atoms with Gasteiger partial charge in [-0.1, -0.05) is 0 Å². The molecule has 0 aliphatic heterocycles. The number of hydrogen-bond donors (Lipinski definition) is 2. The second-order valence-corrected chi connectivity index (χ2v) is 4.80. The van der Waals surface area contributed by atoms with Gasteiger partial charge in [-0.2, -0.15) is 0 Å². The minimum absolute atomic E-state index is 0.274. The monoisotopic (exact) mass is 314 g/mol. The van der Waals surface area contributed by atoms with Gasteiger partial charge in [0.1, 0.15) is 0 Å². The van der Waals surface area contributed by atoms with Crippen LogP contribution in [0.1, 0.15) is 28.7 Å². The van der Waals surface area contributed by atoms with E-state index in [0.717, 1.165) is 0 Å². The van der Waals surface area contributed by atoms with Gasteiger partial charge in [0.15, 0.2) is 0 Å². The molecule has 0 atom stereocenters. The Morgan fingerprint density at radius 1 is 1.22 bits per heavy atom. The maximum atomic E-state index is 12.0. The van der Waals surface area contributed by atoms with Gasteiger partial charge in [0.2, 0.25) is 0 Å². The Morgan fingerprint density at radius 2 is 2.00 bits per heavy atom. The van der Waals surface area contributed by atoms with Gasteiger partial charge < -0.3 is 15.4 Å². The highest BCUT2D eigenvalue weighted by molar-refractivity contribution is 6.01. The van der Waals surface area contributed by atoms with Gasteiger partial charge in [-0.3, -0.25) is 9.97 Å². The van der Waals surface area contributed by atoms with E-state index < -0.39 is 12.0 Å². The van der Waals surface area contributed by atoms with Gasteiger partial charge in [0.05, 0.1) is 41.1 Å². The first-order valence-electron chi connectivity index (χ1n) is 7.14. The Morgan fingerprint density at radius 3 is 2.65 bits per heavy atom. The SMILES string of the molecule is CCOC(=O)c1cc(NC(=O)Nc2cccnc2)c(C)nc1C. The number of esters is 1. The number of anilines is 2. The molecule has 0 aliphatic rings. The fourth-order valence-corrected chi connectivity index (χ4v) is 1.99. The number of nitrogens with one attached hydrogen (secondary N) is 2. The minimum Gasteiger partial charge on any atom is -0.462 e. The molecule has 0 radical (unpaired) electrons. The van der Waals surface area contributed by atoms with Gasteiger partial charge in [-0.25, -0.2) is 9.59 Å². The molecular formula is C16H18N4O3. The number of carbonyl (C=O) groups is 2. The van der Waals surface area contributed by atoms with Crippen LogP contribution >= 0.6 is 0 Å². The number of rotatable bonds is 4. The Kier molecular flexibility index (Phi) is 5.24. The number of hydrogen-bond acceptors (Lipinski definition) is 5. The van der Waals surface area contributed by atoms with Gasteiger partial charge in [-0.05, 0) is 39.0 Å². The number of ether oxygens (including phenoxy) is 1. The van der Waals surface area contributed by atoms with E-state index in [2.05, 4.69) is 20.6 Å². The Labute approximate surface area is 134 Å². The van der Waals surface area contributed by atoms with Crippen LogP contribution in [0.15, 0.2) is 30.6 Å². The van der Waals surface area contributed by atoms with Crippen molar-refractivity contribution in [3.63, 3.8) is 0 Å². The molecule has 0 fully saturated rings. The Hall–Kier alpha value is -2.96. The minimum atomic E-state index is -0.465. The molecule has 0 aliphatic carbocycles. The summed E-state index contributed by atoms with van der Waals surface area (Å²) in [4.78, 5) is 32.1.